The molecule has 1 aromatic heterocycles. The van der Waals surface area contributed by atoms with Crippen LogP contribution in [0.4, 0.5) is 18.0 Å². The molecule has 2 unspecified atom stereocenters. The van der Waals surface area contributed by atoms with Crippen molar-refractivity contribution in [1.29, 1.82) is 0 Å². The van der Waals surface area contributed by atoms with Crippen molar-refractivity contribution in [3.63, 3.8) is 0 Å². The molecule has 1 fully saturated rings. The number of hydrogen-bond acceptors (Lipinski definition) is 6. The summed E-state index contributed by atoms with van der Waals surface area (Å²) in [6.07, 6.45) is 5.72. The molecule has 1 aliphatic heterocycles. The van der Waals surface area contributed by atoms with E-state index in [9.17, 15) is 26.4 Å². The van der Waals surface area contributed by atoms with E-state index in [0.29, 0.717) is 17.9 Å². The van der Waals surface area contributed by atoms with Crippen LogP contribution in [0.1, 0.15) is 81.8 Å². The predicted molar refractivity (Wildman–Crippen MR) is 154 cm³/mol. The van der Waals surface area contributed by atoms with Gasteiger partial charge >= 0.3 is 21.7 Å². The Morgan fingerprint density at radius 2 is 1.65 bits per heavy atom. The van der Waals surface area contributed by atoms with Crippen LogP contribution >= 0.6 is 0 Å². The van der Waals surface area contributed by atoms with E-state index in [-0.39, 0.29) is 23.6 Å². The number of nitrogens with one attached hydrogen (secondary N) is 1. The van der Waals surface area contributed by atoms with Gasteiger partial charge in [-0.25, -0.2) is 9.78 Å². The molecule has 43 heavy (non-hydrogen) atoms. The number of fused-ring (bicyclic) bond motifs is 5. The fourth-order valence-electron chi connectivity index (χ4n) is 6.44. The average molecular weight is 616 g/mol. The second kappa shape index (κ2) is 10.1. The molecule has 0 saturated heterocycles. The largest absolute Gasteiger partial charge is 0.534 e. The fourth-order valence-corrected chi connectivity index (χ4v) is 6.92. The summed E-state index contributed by atoms with van der Waals surface area (Å²) < 4.78 is 72.9. The summed E-state index contributed by atoms with van der Waals surface area (Å²) in [6.45, 7) is 7.87. The van der Waals surface area contributed by atoms with Crippen LogP contribution in [0.5, 0.6) is 5.75 Å². The van der Waals surface area contributed by atoms with E-state index >= 15 is 0 Å². The maximum absolute atomic E-state index is 13.1. The molecule has 2 aliphatic carbocycles. The molecule has 1 saturated carbocycles. The van der Waals surface area contributed by atoms with E-state index in [1.165, 1.54) is 6.07 Å². The van der Waals surface area contributed by atoms with Crippen molar-refractivity contribution >= 4 is 16.2 Å². The molecule has 2 aromatic carbocycles. The molecule has 0 radical (unpaired) electrons. The molecule has 228 valence electrons. The molecule has 2 bridgehead atoms. The van der Waals surface area contributed by atoms with Crippen molar-refractivity contribution in [3.8, 4) is 28.1 Å². The highest BCUT2D eigenvalue weighted by Crippen LogP contribution is 2.58. The number of benzene rings is 2. The van der Waals surface area contributed by atoms with Gasteiger partial charge < -0.3 is 13.9 Å². The Kier molecular flexibility index (Phi) is 6.91. The highest BCUT2D eigenvalue weighted by molar-refractivity contribution is 7.88. The van der Waals surface area contributed by atoms with Crippen LogP contribution in [-0.4, -0.2) is 47.0 Å². The third-order valence-electron chi connectivity index (χ3n) is 8.19. The van der Waals surface area contributed by atoms with E-state index in [1.807, 2.05) is 58.0 Å². The Morgan fingerprint density at radius 1 is 1.00 bits per heavy atom. The van der Waals surface area contributed by atoms with Gasteiger partial charge in [-0.05, 0) is 87.1 Å². The fraction of sp³-hybridized carbons (Fsp3) is 0.419. The predicted octanol–water partition coefficient (Wildman–Crippen LogP) is 7.57. The van der Waals surface area contributed by atoms with Crippen molar-refractivity contribution in [2.45, 2.75) is 75.9 Å². The van der Waals surface area contributed by atoms with E-state index in [4.69, 9.17) is 4.74 Å². The Bertz CT molecular complexity index is 1720. The van der Waals surface area contributed by atoms with Crippen molar-refractivity contribution in [2.24, 2.45) is 0 Å². The van der Waals surface area contributed by atoms with Gasteiger partial charge in [0.2, 0.25) is 0 Å². The number of amides is 1. The molecule has 3 atom stereocenters. The van der Waals surface area contributed by atoms with E-state index < -0.39 is 27.3 Å². The molecule has 6 rings (SSSR count). The van der Waals surface area contributed by atoms with Gasteiger partial charge in [0.15, 0.2) is 0 Å². The highest BCUT2D eigenvalue weighted by Gasteiger charge is 2.50. The van der Waals surface area contributed by atoms with Crippen molar-refractivity contribution in [3.05, 3.63) is 71.2 Å². The quantitative estimate of drug-likeness (QED) is 0.180. The van der Waals surface area contributed by atoms with Crippen LogP contribution in [0.2, 0.25) is 0 Å². The van der Waals surface area contributed by atoms with Crippen LogP contribution in [0, 0.1) is 0 Å². The van der Waals surface area contributed by atoms with Gasteiger partial charge in [-0.1, -0.05) is 42.0 Å². The van der Waals surface area contributed by atoms with Crippen LogP contribution < -0.4 is 4.18 Å². The van der Waals surface area contributed by atoms with Gasteiger partial charge in [-0.15, -0.1) is 0 Å². The SMILES string of the molecule is CC1=C[C@@H](c2ncc(-c3ccc(-c4ccc(OS(=O)(=O)C(F)(F)F)c5c4C4CCC5C4)cc3)[nH]2)N(C(=O)OC(C)(C)C)C1. The zero-order chi connectivity index (χ0) is 30.9. The number of ether oxygens (including phenoxy) is 1. The number of aromatic amines is 1. The number of H-pyrrole nitrogens is 1. The minimum Gasteiger partial charge on any atom is -0.444 e. The lowest BCUT2D eigenvalue weighted by molar-refractivity contribution is -0.0500. The molecular formula is C31H32F3N3O5S. The van der Waals surface area contributed by atoms with Gasteiger partial charge in [-0.2, -0.15) is 21.6 Å². The summed E-state index contributed by atoms with van der Waals surface area (Å²) in [4.78, 5) is 22.4. The Balaban J connectivity index is 1.27. The van der Waals surface area contributed by atoms with E-state index in [2.05, 4.69) is 14.2 Å². The minimum absolute atomic E-state index is 0.0328. The van der Waals surface area contributed by atoms with Crippen molar-refractivity contribution in [2.75, 3.05) is 6.54 Å². The topological polar surface area (TPSA) is 102 Å². The van der Waals surface area contributed by atoms with Gasteiger partial charge in [0.1, 0.15) is 23.2 Å². The first-order valence-corrected chi connectivity index (χ1v) is 15.5. The Morgan fingerprint density at radius 3 is 2.30 bits per heavy atom. The zero-order valence-corrected chi connectivity index (χ0v) is 25.0. The molecule has 1 N–H and O–H groups in total. The number of alkyl halides is 3. The van der Waals surface area contributed by atoms with Gasteiger partial charge in [0, 0.05) is 12.1 Å². The Hall–Kier alpha value is -3.80. The number of hydrogen-bond donors (Lipinski definition) is 1. The lowest BCUT2D eigenvalue weighted by atomic mass is 9.85. The number of rotatable bonds is 5. The van der Waals surface area contributed by atoms with Crippen LogP contribution in [0.25, 0.3) is 22.4 Å². The maximum Gasteiger partial charge on any atom is 0.534 e. The smallest absolute Gasteiger partial charge is 0.444 e. The summed E-state index contributed by atoms with van der Waals surface area (Å²) in [7, 11) is -5.77. The minimum atomic E-state index is -5.77. The first-order valence-electron chi connectivity index (χ1n) is 14.1. The number of nitrogens with zero attached hydrogens (tertiary/aromatic N) is 2. The lowest BCUT2D eigenvalue weighted by Crippen LogP contribution is -2.37. The first-order chi connectivity index (χ1) is 20.1. The molecule has 12 heteroatoms. The standard InChI is InChI=1S/C31H32F3N3O5S/c1-17-13-24(37(16-17)29(38)41-30(2,3)4)28-35-15-23(36-28)19-7-5-18(6-8-19)22-11-12-25(42-43(39,40)31(32,33)34)27-21-10-9-20(14-21)26(22)27/h5-8,11-13,15,20-21,24H,9-10,14,16H2,1-4H3,(H,35,36)/t20?,21?,24-/m0/s1. The molecular weight excluding hydrogens is 583 g/mol. The number of carbonyl (C=O) groups is 1. The van der Waals surface area contributed by atoms with E-state index in [0.717, 1.165) is 52.8 Å². The van der Waals surface area contributed by atoms with Crippen molar-refractivity contribution in [1.82, 2.24) is 14.9 Å². The lowest BCUT2D eigenvalue weighted by Gasteiger charge is -2.27. The summed E-state index contributed by atoms with van der Waals surface area (Å²) in [5.74, 6) is 0.481. The number of halogens is 3. The normalized spacial score (nSPS) is 21.6. The molecule has 1 amide bonds. The van der Waals surface area contributed by atoms with Gasteiger partial charge in [-0.3, -0.25) is 4.90 Å². The highest BCUT2D eigenvalue weighted by atomic mass is 32.2. The third-order valence-corrected chi connectivity index (χ3v) is 9.15. The maximum atomic E-state index is 13.1. The monoisotopic (exact) mass is 615 g/mol. The summed E-state index contributed by atoms with van der Waals surface area (Å²) in [5.41, 5.74) is -0.313. The molecule has 0 spiro atoms. The zero-order valence-electron chi connectivity index (χ0n) is 24.2. The molecule has 3 aliphatic rings. The van der Waals surface area contributed by atoms with Gasteiger partial charge in [0.25, 0.3) is 0 Å². The number of aromatic nitrogens is 2. The molecule has 2 heterocycles. The van der Waals surface area contributed by atoms with E-state index in [1.54, 1.807) is 17.2 Å². The number of carbonyl (C=O) groups excluding carboxylic acids is 1. The summed E-state index contributed by atoms with van der Waals surface area (Å²) >= 11 is 0. The third kappa shape index (κ3) is 5.41. The first kappa shape index (κ1) is 29.3. The summed E-state index contributed by atoms with van der Waals surface area (Å²) in [5, 5.41) is 0. The Labute approximate surface area is 248 Å². The average Bonchev–Trinajstić information content (AvgIpc) is 3.71. The van der Waals surface area contributed by atoms with Crippen LogP contribution in [0.15, 0.2) is 54.2 Å². The van der Waals surface area contributed by atoms with Crippen LogP contribution in [-0.2, 0) is 14.9 Å². The molecule has 3 aromatic rings. The summed E-state index contributed by atoms with van der Waals surface area (Å²) in [6, 6.07) is 10.3. The van der Waals surface area contributed by atoms with Gasteiger partial charge in [0.05, 0.1) is 11.9 Å². The number of imidazole rings is 1. The second-order valence-corrected chi connectivity index (χ2v) is 14.0. The molecule has 8 nitrogen and oxygen atoms in total. The van der Waals surface area contributed by atoms with Crippen LogP contribution in [0.3, 0.4) is 0 Å². The van der Waals surface area contributed by atoms with Crippen molar-refractivity contribution < 1.29 is 35.3 Å². The second-order valence-electron chi connectivity index (χ2n) is 12.5.